The first kappa shape index (κ1) is 24.3. The number of alkyl halides is 3. The van der Waals surface area contributed by atoms with Crippen LogP contribution in [0.15, 0.2) is 52.9 Å². The lowest BCUT2D eigenvalue weighted by Gasteiger charge is -2.24. The van der Waals surface area contributed by atoms with Crippen molar-refractivity contribution in [1.29, 1.82) is 0 Å². The third-order valence-electron chi connectivity index (χ3n) is 5.14. The molecule has 4 rings (SSSR count). The number of benzene rings is 2. The van der Waals surface area contributed by atoms with Gasteiger partial charge in [0.1, 0.15) is 5.60 Å². The summed E-state index contributed by atoms with van der Waals surface area (Å²) in [4.78, 5) is 22.8. The zero-order valence-corrected chi connectivity index (χ0v) is 19.7. The van der Waals surface area contributed by atoms with Crippen LogP contribution in [0.2, 0.25) is 0 Å². The van der Waals surface area contributed by atoms with Gasteiger partial charge in [-0.2, -0.15) is 13.2 Å². The molecule has 0 saturated carbocycles. The van der Waals surface area contributed by atoms with Crippen molar-refractivity contribution in [2.75, 3.05) is 25.5 Å². The number of aromatic nitrogens is 2. The summed E-state index contributed by atoms with van der Waals surface area (Å²) >= 11 is 0. The monoisotopic (exact) mass is 486 g/mol. The second-order valence-corrected chi connectivity index (χ2v) is 9.08. The van der Waals surface area contributed by atoms with Gasteiger partial charge in [-0.3, -0.25) is 0 Å². The van der Waals surface area contributed by atoms with E-state index in [-0.39, 0.29) is 5.89 Å². The predicted octanol–water partition coefficient (Wildman–Crippen LogP) is 6.34. The zero-order chi connectivity index (χ0) is 25.4. The highest BCUT2D eigenvalue weighted by Gasteiger charge is 2.30. The number of hydrogen-bond acceptors (Lipinski definition) is 6. The third-order valence-corrected chi connectivity index (χ3v) is 5.14. The number of nitrogens with zero attached hydrogens (tertiary/aromatic N) is 3. The van der Waals surface area contributed by atoms with Crippen LogP contribution >= 0.6 is 0 Å². The number of nitrogens with one attached hydrogen (secondary N) is 1. The maximum Gasteiger partial charge on any atom is 0.416 e. The fourth-order valence-corrected chi connectivity index (χ4v) is 3.42. The Morgan fingerprint density at radius 3 is 2.40 bits per heavy atom. The van der Waals surface area contributed by atoms with Crippen LogP contribution in [-0.4, -0.2) is 46.7 Å². The van der Waals surface area contributed by atoms with Gasteiger partial charge in [-0.05, 0) is 57.2 Å². The van der Waals surface area contributed by atoms with Gasteiger partial charge in [-0.1, -0.05) is 12.1 Å². The molecule has 2 aromatic carbocycles. The smallest absolute Gasteiger partial charge is 0.416 e. The lowest BCUT2D eigenvalue weighted by atomic mass is 10.1. The van der Waals surface area contributed by atoms with E-state index in [9.17, 15) is 18.0 Å². The van der Waals surface area contributed by atoms with Gasteiger partial charge in [0.25, 0.3) is 0 Å². The Labute approximate surface area is 199 Å². The number of anilines is 1. The first-order valence-electron chi connectivity index (χ1n) is 11.0. The minimum Gasteiger partial charge on any atom is -0.444 e. The molecule has 4 aromatic rings. The van der Waals surface area contributed by atoms with E-state index in [0.717, 1.165) is 17.5 Å². The molecule has 0 bridgehead atoms. The van der Waals surface area contributed by atoms with E-state index in [4.69, 9.17) is 9.15 Å². The van der Waals surface area contributed by atoms with Gasteiger partial charge in [-0.15, -0.1) is 0 Å². The number of likely N-dealkylation sites (N-methyl/N-ethyl adjacent to an activating group) is 1. The number of carbonyl (C=O) groups excluding carboxylic acids is 1. The number of ether oxygens (including phenoxy) is 1. The Balaban J connectivity index is 1.62. The maximum atomic E-state index is 12.9. The van der Waals surface area contributed by atoms with Crippen LogP contribution in [0.3, 0.4) is 0 Å². The molecule has 0 spiro atoms. The minimum absolute atomic E-state index is 0.181. The molecule has 0 unspecified atom stereocenters. The maximum absolute atomic E-state index is 12.9. The second-order valence-electron chi connectivity index (χ2n) is 9.08. The molecule has 10 heteroatoms. The number of rotatable bonds is 5. The summed E-state index contributed by atoms with van der Waals surface area (Å²) < 4.78 is 50.2. The molecule has 2 aromatic heterocycles. The van der Waals surface area contributed by atoms with Crippen molar-refractivity contribution in [1.82, 2.24) is 14.9 Å². The summed E-state index contributed by atoms with van der Waals surface area (Å²) in [6.07, 6.45) is -4.87. The number of oxazole rings is 1. The molecule has 0 aliphatic rings. The number of halogens is 3. The van der Waals surface area contributed by atoms with Crippen molar-refractivity contribution in [2.24, 2.45) is 0 Å². The van der Waals surface area contributed by atoms with Gasteiger partial charge in [0, 0.05) is 31.1 Å². The average molecular weight is 486 g/mol. The molecule has 0 radical (unpaired) electrons. The fraction of sp³-hybridized carbons (Fsp3) is 0.320. The van der Waals surface area contributed by atoms with E-state index < -0.39 is 23.4 Å². The van der Waals surface area contributed by atoms with Crippen molar-refractivity contribution >= 4 is 33.9 Å². The molecule has 1 N–H and O–H groups in total. The van der Waals surface area contributed by atoms with Gasteiger partial charge in [-0.25, -0.2) is 14.8 Å². The molecule has 0 aliphatic carbocycles. The van der Waals surface area contributed by atoms with Crippen molar-refractivity contribution in [2.45, 2.75) is 32.5 Å². The van der Waals surface area contributed by atoms with E-state index in [2.05, 4.69) is 15.3 Å². The number of fused-ring (bicyclic) bond motifs is 3. The van der Waals surface area contributed by atoms with Crippen LogP contribution in [0.1, 0.15) is 26.3 Å². The Morgan fingerprint density at radius 2 is 1.74 bits per heavy atom. The van der Waals surface area contributed by atoms with Crippen LogP contribution in [0, 0.1) is 0 Å². The zero-order valence-electron chi connectivity index (χ0n) is 19.7. The molecule has 0 fully saturated rings. The number of carbonyl (C=O) groups is 1. The molecule has 0 saturated heterocycles. The van der Waals surface area contributed by atoms with E-state index in [0.29, 0.717) is 41.1 Å². The first-order chi connectivity index (χ1) is 16.4. The highest BCUT2D eigenvalue weighted by atomic mass is 19.4. The summed E-state index contributed by atoms with van der Waals surface area (Å²) in [5.41, 5.74) is 0.639. The molecule has 7 nitrogen and oxygen atoms in total. The van der Waals surface area contributed by atoms with Crippen molar-refractivity contribution < 1.29 is 27.1 Å². The lowest BCUT2D eigenvalue weighted by molar-refractivity contribution is -0.137. The number of pyridine rings is 1. The Bertz CT molecular complexity index is 1360. The van der Waals surface area contributed by atoms with Gasteiger partial charge in [0.05, 0.1) is 11.1 Å². The van der Waals surface area contributed by atoms with E-state index in [1.807, 2.05) is 24.3 Å². The Morgan fingerprint density at radius 1 is 1.06 bits per heavy atom. The standard InChI is InChI=1S/C25H25F3N4O3/c1-24(2,3)35-23(33)32(4)14-13-29-21-19-20(17-7-5-6-8-18(17)30-21)34-22(31-19)15-9-11-16(12-10-15)25(26,27)28/h5-12H,13-14H2,1-4H3,(H,29,30). The highest BCUT2D eigenvalue weighted by Crippen LogP contribution is 2.35. The molecular weight excluding hydrogens is 461 g/mol. The topological polar surface area (TPSA) is 80.5 Å². The van der Waals surface area contributed by atoms with Gasteiger partial charge in [0.15, 0.2) is 16.9 Å². The predicted molar refractivity (Wildman–Crippen MR) is 127 cm³/mol. The summed E-state index contributed by atoms with van der Waals surface area (Å²) in [7, 11) is 1.64. The fourth-order valence-electron chi connectivity index (χ4n) is 3.42. The first-order valence-corrected chi connectivity index (χ1v) is 11.0. The second kappa shape index (κ2) is 9.09. The number of para-hydroxylation sites is 1. The molecule has 35 heavy (non-hydrogen) atoms. The van der Waals surface area contributed by atoms with E-state index in [1.165, 1.54) is 17.0 Å². The Hall–Kier alpha value is -3.82. The molecule has 1 amide bonds. The normalized spacial score (nSPS) is 12.2. The van der Waals surface area contributed by atoms with Crippen LogP contribution in [-0.2, 0) is 10.9 Å². The molecule has 2 heterocycles. The highest BCUT2D eigenvalue weighted by molar-refractivity contribution is 6.05. The largest absolute Gasteiger partial charge is 0.444 e. The SMILES string of the molecule is CN(CCNc1nc2ccccc2c2oc(-c3ccc(C(F)(F)F)cc3)nc12)C(=O)OC(C)(C)C. The summed E-state index contributed by atoms with van der Waals surface area (Å²) in [5.74, 6) is 0.624. The third kappa shape index (κ3) is 5.47. The van der Waals surface area contributed by atoms with Crippen molar-refractivity contribution in [3.63, 3.8) is 0 Å². The molecule has 0 atom stereocenters. The average Bonchev–Trinajstić information content (AvgIpc) is 3.23. The molecule has 184 valence electrons. The van der Waals surface area contributed by atoms with Gasteiger partial charge in [0.2, 0.25) is 5.89 Å². The van der Waals surface area contributed by atoms with E-state index >= 15 is 0 Å². The summed E-state index contributed by atoms with van der Waals surface area (Å²) in [6, 6.07) is 12.0. The summed E-state index contributed by atoms with van der Waals surface area (Å²) in [5, 5.41) is 3.92. The van der Waals surface area contributed by atoms with Gasteiger partial charge >= 0.3 is 12.3 Å². The Kier molecular flexibility index (Phi) is 6.31. The van der Waals surface area contributed by atoms with Crippen molar-refractivity contribution in [3.8, 4) is 11.5 Å². The van der Waals surface area contributed by atoms with Crippen LogP contribution in [0.4, 0.5) is 23.8 Å². The number of hydrogen-bond donors (Lipinski definition) is 1. The minimum atomic E-state index is -4.43. The quantitative estimate of drug-likeness (QED) is 0.355. The van der Waals surface area contributed by atoms with E-state index in [1.54, 1.807) is 27.8 Å². The lowest BCUT2D eigenvalue weighted by Crippen LogP contribution is -2.36. The molecule has 0 aliphatic heterocycles. The summed E-state index contributed by atoms with van der Waals surface area (Å²) in [6.45, 7) is 6.09. The molecular formula is C25H25F3N4O3. The van der Waals surface area contributed by atoms with Crippen LogP contribution in [0.25, 0.3) is 33.5 Å². The van der Waals surface area contributed by atoms with Crippen LogP contribution in [0.5, 0.6) is 0 Å². The van der Waals surface area contributed by atoms with Crippen LogP contribution < -0.4 is 5.32 Å². The van der Waals surface area contributed by atoms with Crippen molar-refractivity contribution in [3.05, 3.63) is 54.1 Å². The van der Waals surface area contributed by atoms with Gasteiger partial charge < -0.3 is 19.4 Å². The number of amides is 1.